The van der Waals surface area contributed by atoms with E-state index in [1.807, 2.05) is 32.4 Å². The summed E-state index contributed by atoms with van der Waals surface area (Å²) in [7, 11) is 1.98. The van der Waals surface area contributed by atoms with Crippen LogP contribution >= 0.6 is 11.6 Å². The van der Waals surface area contributed by atoms with Gasteiger partial charge in [0.25, 0.3) is 5.91 Å². The Morgan fingerprint density at radius 2 is 1.85 bits per heavy atom. The molecule has 1 fully saturated rings. The first-order chi connectivity index (χ1) is 15.6. The molecule has 1 aromatic carbocycles. The number of benzene rings is 1. The first-order valence-corrected chi connectivity index (χ1v) is 11.8. The maximum Gasteiger partial charge on any atom is 0.272 e. The highest BCUT2D eigenvalue weighted by Gasteiger charge is 2.38. The van der Waals surface area contributed by atoms with Gasteiger partial charge in [-0.3, -0.25) is 9.59 Å². The highest BCUT2D eigenvalue weighted by molar-refractivity contribution is 6.30. The molecular formula is C24H31ClFN5O2. The van der Waals surface area contributed by atoms with Crippen LogP contribution in [0.1, 0.15) is 49.8 Å². The van der Waals surface area contributed by atoms with Crippen LogP contribution < -0.4 is 5.32 Å². The third-order valence-corrected chi connectivity index (χ3v) is 6.59. The molecule has 1 unspecified atom stereocenters. The molecule has 2 aromatic rings. The van der Waals surface area contributed by atoms with Gasteiger partial charge in [-0.15, -0.1) is 0 Å². The van der Waals surface area contributed by atoms with E-state index in [1.54, 1.807) is 4.90 Å². The second-order valence-corrected chi connectivity index (χ2v) is 10.5. The SMILES string of the molecule is CN1CCCn2c(-c3cc(Cl)ccc3F)nc(C(=O)NC(C(=O)N3CCC3)C(C)(C)C)c2C1. The van der Waals surface area contributed by atoms with Crippen LogP contribution in [0.25, 0.3) is 11.4 Å². The lowest BCUT2D eigenvalue weighted by Gasteiger charge is -2.38. The number of imidazole rings is 1. The van der Waals surface area contributed by atoms with Crippen molar-refractivity contribution in [3.63, 3.8) is 0 Å². The Morgan fingerprint density at radius 3 is 2.48 bits per heavy atom. The molecule has 2 aliphatic rings. The van der Waals surface area contributed by atoms with E-state index in [9.17, 15) is 14.0 Å². The van der Waals surface area contributed by atoms with Gasteiger partial charge in [-0.05, 0) is 50.0 Å². The lowest BCUT2D eigenvalue weighted by molar-refractivity contribution is -0.139. The van der Waals surface area contributed by atoms with Crippen molar-refractivity contribution in [1.82, 2.24) is 24.7 Å². The van der Waals surface area contributed by atoms with E-state index in [0.29, 0.717) is 42.7 Å². The fraction of sp³-hybridized carbons (Fsp3) is 0.542. The van der Waals surface area contributed by atoms with Crippen LogP contribution in [0.5, 0.6) is 0 Å². The number of carbonyl (C=O) groups is 2. The summed E-state index contributed by atoms with van der Waals surface area (Å²) in [5, 5.41) is 3.35. The number of likely N-dealkylation sites (tertiary alicyclic amines) is 1. The third-order valence-electron chi connectivity index (χ3n) is 6.35. The molecular weight excluding hydrogens is 445 g/mol. The summed E-state index contributed by atoms with van der Waals surface area (Å²) in [5.74, 6) is -0.564. The van der Waals surface area contributed by atoms with Gasteiger partial charge in [0.05, 0.1) is 11.3 Å². The van der Waals surface area contributed by atoms with E-state index in [-0.39, 0.29) is 17.2 Å². The molecule has 178 valence electrons. The number of rotatable bonds is 4. The molecule has 2 aliphatic heterocycles. The van der Waals surface area contributed by atoms with Gasteiger partial charge in [-0.1, -0.05) is 32.4 Å². The zero-order valence-corrected chi connectivity index (χ0v) is 20.4. The van der Waals surface area contributed by atoms with Gasteiger partial charge in [-0.25, -0.2) is 9.37 Å². The molecule has 0 radical (unpaired) electrons. The largest absolute Gasteiger partial charge is 0.341 e. The second-order valence-electron chi connectivity index (χ2n) is 10.0. The minimum atomic E-state index is -0.683. The van der Waals surface area contributed by atoms with Crippen molar-refractivity contribution in [3.8, 4) is 11.4 Å². The van der Waals surface area contributed by atoms with E-state index in [1.165, 1.54) is 18.2 Å². The quantitative estimate of drug-likeness (QED) is 0.734. The molecule has 7 nitrogen and oxygen atoms in total. The van der Waals surface area contributed by atoms with E-state index >= 15 is 0 Å². The van der Waals surface area contributed by atoms with Crippen LogP contribution in [0.3, 0.4) is 0 Å². The van der Waals surface area contributed by atoms with Crippen LogP contribution in [0.2, 0.25) is 5.02 Å². The Morgan fingerprint density at radius 1 is 1.15 bits per heavy atom. The minimum Gasteiger partial charge on any atom is -0.341 e. The van der Waals surface area contributed by atoms with E-state index in [4.69, 9.17) is 11.6 Å². The number of nitrogens with one attached hydrogen (secondary N) is 1. The van der Waals surface area contributed by atoms with Crippen LogP contribution in [-0.4, -0.2) is 63.9 Å². The smallest absolute Gasteiger partial charge is 0.272 e. The summed E-state index contributed by atoms with van der Waals surface area (Å²) >= 11 is 6.14. The molecule has 33 heavy (non-hydrogen) atoms. The summed E-state index contributed by atoms with van der Waals surface area (Å²) in [6, 6.07) is 3.65. The van der Waals surface area contributed by atoms with Crippen molar-refractivity contribution in [2.75, 3.05) is 26.7 Å². The van der Waals surface area contributed by atoms with E-state index in [2.05, 4.69) is 15.2 Å². The van der Waals surface area contributed by atoms with E-state index < -0.39 is 23.2 Å². The average Bonchev–Trinajstić information content (AvgIpc) is 2.91. The highest BCUT2D eigenvalue weighted by atomic mass is 35.5. The minimum absolute atomic E-state index is 0.0781. The van der Waals surface area contributed by atoms with Crippen molar-refractivity contribution in [2.24, 2.45) is 5.41 Å². The predicted octanol–water partition coefficient (Wildman–Crippen LogP) is 3.55. The van der Waals surface area contributed by atoms with Crippen molar-refractivity contribution in [2.45, 2.75) is 52.7 Å². The Balaban J connectivity index is 1.75. The Bertz CT molecular complexity index is 1070. The Kier molecular flexibility index (Phi) is 6.51. The number of amides is 2. The number of halogens is 2. The number of hydrogen-bond acceptors (Lipinski definition) is 4. The topological polar surface area (TPSA) is 70.5 Å². The van der Waals surface area contributed by atoms with Crippen LogP contribution in [-0.2, 0) is 17.9 Å². The zero-order valence-electron chi connectivity index (χ0n) is 19.6. The lowest BCUT2D eigenvalue weighted by atomic mass is 9.85. The molecule has 0 aliphatic carbocycles. The molecule has 1 atom stereocenters. The van der Waals surface area contributed by atoms with Crippen molar-refractivity contribution in [1.29, 1.82) is 0 Å². The molecule has 0 bridgehead atoms. The van der Waals surface area contributed by atoms with Crippen molar-refractivity contribution < 1.29 is 14.0 Å². The molecule has 0 saturated carbocycles. The average molecular weight is 476 g/mol. The first-order valence-electron chi connectivity index (χ1n) is 11.4. The Hall–Kier alpha value is -2.45. The van der Waals surface area contributed by atoms with Gasteiger partial charge in [-0.2, -0.15) is 0 Å². The molecule has 2 amide bonds. The lowest BCUT2D eigenvalue weighted by Crippen LogP contribution is -2.57. The van der Waals surface area contributed by atoms with Gasteiger partial charge in [0.2, 0.25) is 5.91 Å². The molecule has 1 N–H and O–H groups in total. The maximum atomic E-state index is 14.7. The van der Waals surface area contributed by atoms with Crippen LogP contribution in [0, 0.1) is 11.2 Å². The summed E-state index contributed by atoms with van der Waals surface area (Å²) < 4.78 is 16.7. The maximum absolute atomic E-state index is 14.7. The van der Waals surface area contributed by atoms with Gasteiger partial charge in [0.15, 0.2) is 5.69 Å². The van der Waals surface area contributed by atoms with Crippen LogP contribution in [0.15, 0.2) is 18.2 Å². The molecule has 1 aromatic heterocycles. The van der Waals surface area contributed by atoms with E-state index in [0.717, 1.165) is 19.4 Å². The summed E-state index contributed by atoms with van der Waals surface area (Å²) in [5.41, 5.74) is 0.726. The summed E-state index contributed by atoms with van der Waals surface area (Å²) in [4.78, 5) is 35.1. The normalized spacial score (nSPS) is 17.7. The van der Waals surface area contributed by atoms with Gasteiger partial charge in [0.1, 0.15) is 17.7 Å². The molecule has 3 heterocycles. The fourth-order valence-electron chi connectivity index (χ4n) is 4.34. The second kappa shape index (κ2) is 9.06. The van der Waals surface area contributed by atoms with Gasteiger partial charge >= 0.3 is 0 Å². The summed E-state index contributed by atoms with van der Waals surface area (Å²) in [6.07, 6.45) is 1.82. The summed E-state index contributed by atoms with van der Waals surface area (Å²) in [6.45, 7) is 9.18. The van der Waals surface area contributed by atoms with Crippen molar-refractivity contribution >= 4 is 23.4 Å². The Labute approximate surface area is 198 Å². The molecule has 9 heteroatoms. The standard InChI is InChI=1S/C24H31ClFN5O2/c1-24(2,3)20(23(33)30-10-6-11-30)28-22(32)19-18-14-29(4)9-5-12-31(18)21(27-19)16-13-15(25)7-8-17(16)26/h7-8,13,20H,5-6,9-12,14H2,1-4H3,(H,28,32). The molecule has 0 spiro atoms. The number of hydrogen-bond donors (Lipinski definition) is 1. The fourth-order valence-corrected chi connectivity index (χ4v) is 4.52. The zero-order chi connectivity index (χ0) is 23.9. The number of carbonyl (C=O) groups excluding carboxylic acids is 2. The first kappa shape index (κ1) is 23.7. The number of aromatic nitrogens is 2. The van der Waals surface area contributed by atoms with Crippen molar-refractivity contribution in [3.05, 3.63) is 40.4 Å². The van der Waals surface area contributed by atoms with Gasteiger partial charge in [0, 0.05) is 31.2 Å². The third kappa shape index (κ3) is 4.77. The number of fused-ring (bicyclic) bond motifs is 1. The predicted molar refractivity (Wildman–Crippen MR) is 125 cm³/mol. The number of nitrogens with zero attached hydrogens (tertiary/aromatic N) is 4. The highest BCUT2D eigenvalue weighted by Crippen LogP contribution is 2.30. The monoisotopic (exact) mass is 475 g/mol. The van der Waals surface area contributed by atoms with Gasteiger partial charge < -0.3 is 19.7 Å². The van der Waals surface area contributed by atoms with Crippen LogP contribution in [0.4, 0.5) is 4.39 Å². The molecule has 1 saturated heterocycles. The molecule has 4 rings (SSSR count).